The molecule has 126 valence electrons. The van der Waals surface area contributed by atoms with E-state index in [-0.39, 0.29) is 5.69 Å². The number of pyridine rings is 1. The van der Waals surface area contributed by atoms with E-state index in [1.165, 1.54) is 18.3 Å². The molecule has 0 aliphatic heterocycles. The van der Waals surface area contributed by atoms with E-state index >= 15 is 0 Å². The van der Waals surface area contributed by atoms with E-state index < -0.39 is 17.6 Å². The molecule has 0 radical (unpaired) electrons. The molecule has 0 aliphatic rings. The molecule has 4 nitrogen and oxygen atoms in total. The quantitative estimate of drug-likeness (QED) is 0.577. The van der Waals surface area contributed by atoms with Gasteiger partial charge in [-0.2, -0.15) is 18.3 Å². The van der Waals surface area contributed by atoms with Crippen LogP contribution in [0.5, 0.6) is 0 Å². The number of hydrazone groups is 1. The molecule has 7 heteroatoms. The van der Waals surface area contributed by atoms with Crippen molar-refractivity contribution < 1.29 is 18.0 Å². The Hall–Kier alpha value is -3.22. The lowest BCUT2D eigenvalue weighted by atomic mass is 10.1. The molecular formula is C18H12F3N3O. The summed E-state index contributed by atoms with van der Waals surface area (Å²) in [5.74, 6) is -0.506. The Morgan fingerprint density at radius 1 is 1.00 bits per heavy atom. The van der Waals surface area contributed by atoms with Gasteiger partial charge in [-0.15, -0.1) is 0 Å². The van der Waals surface area contributed by atoms with E-state index in [1.807, 2.05) is 18.2 Å². The van der Waals surface area contributed by atoms with E-state index in [0.717, 1.165) is 17.5 Å². The summed E-state index contributed by atoms with van der Waals surface area (Å²) < 4.78 is 37.4. The zero-order chi connectivity index (χ0) is 17.9. The molecule has 0 unspecified atom stereocenters. The van der Waals surface area contributed by atoms with Crippen molar-refractivity contribution in [1.29, 1.82) is 0 Å². The molecule has 25 heavy (non-hydrogen) atoms. The minimum absolute atomic E-state index is 0.197. The minimum atomic E-state index is -4.38. The van der Waals surface area contributed by atoms with Crippen LogP contribution in [-0.2, 0) is 6.18 Å². The second kappa shape index (κ2) is 6.72. The van der Waals surface area contributed by atoms with Gasteiger partial charge in [0.05, 0.1) is 17.3 Å². The Morgan fingerprint density at radius 2 is 1.72 bits per heavy atom. The van der Waals surface area contributed by atoms with Gasteiger partial charge >= 0.3 is 6.18 Å². The number of aromatic nitrogens is 1. The Morgan fingerprint density at radius 3 is 2.44 bits per heavy atom. The van der Waals surface area contributed by atoms with Gasteiger partial charge in [0.2, 0.25) is 0 Å². The zero-order valence-corrected chi connectivity index (χ0v) is 12.8. The fourth-order valence-corrected chi connectivity index (χ4v) is 2.17. The first-order valence-corrected chi connectivity index (χ1v) is 7.30. The number of carbonyl (C=O) groups is 1. The molecule has 0 aliphatic carbocycles. The predicted molar refractivity (Wildman–Crippen MR) is 88.2 cm³/mol. The number of para-hydroxylation sites is 1. The summed E-state index contributed by atoms with van der Waals surface area (Å²) in [5.41, 5.74) is 2.87. The summed E-state index contributed by atoms with van der Waals surface area (Å²) in [6.07, 6.45) is -3.12. The maximum absolute atomic E-state index is 12.5. The smallest absolute Gasteiger partial charge is 0.266 e. The third-order valence-corrected chi connectivity index (χ3v) is 3.45. The number of nitrogens with one attached hydrogen (secondary N) is 1. The van der Waals surface area contributed by atoms with Gasteiger partial charge in [-0.1, -0.05) is 36.4 Å². The molecule has 3 rings (SSSR count). The fraction of sp³-hybridized carbons (Fsp3) is 0.0556. The number of nitrogens with zero attached hydrogens (tertiary/aromatic N) is 2. The molecule has 3 aromatic rings. The highest BCUT2D eigenvalue weighted by atomic mass is 19.4. The van der Waals surface area contributed by atoms with Gasteiger partial charge < -0.3 is 0 Å². The molecule has 1 amide bonds. The number of halogens is 3. The lowest BCUT2D eigenvalue weighted by molar-refractivity contribution is -0.137. The molecule has 1 heterocycles. The van der Waals surface area contributed by atoms with E-state index in [9.17, 15) is 18.0 Å². The average molecular weight is 343 g/mol. The van der Waals surface area contributed by atoms with Crippen molar-refractivity contribution in [2.24, 2.45) is 5.10 Å². The molecule has 0 saturated carbocycles. The van der Waals surface area contributed by atoms with Crippen LogP contribution in [0.25, 0.3) is 10.9 Å². The van der Waals surface area contributed by atoms with Crippen molar-refractivity contribution in [3.63, 3.8) is 0 Å². The minimum Gasteiger partial charge on any atom is -0.266 e. The van der Waals surface area contributed by atoms with Crippen molar-refractivity contribution in [2.75, 3.05) is 0 Å². The number of carbonyl (C=O) groups excluding carboxylic acids is 1. The van der Waals surface area contributed by atoms with Crippen LogP contribution >= 0.6 is 0 Å². The second-order valence-corrected chi connectivity index (χ2v) is 5.21. The van der Waals surface area contributed by atoms with Gasteiger partial charge in [0.1, 0.15) is 5.69 Å². The first-order valence-electron chi connectivity index (χ1n) is 7.30. The lowest BCUT2D eigenvalue weighted by Gasteiger charge is -2.05. The summed E-state index contributed by atoms with van der Waals surface area (Å²) >= 11 is 0. The highest BCUT2D eigenvalue weighted by Crippen LogP contribution is 2.28. The van der Waals surface area contributed by atoms with E-state index in [0.29, 0.717) is 11.1 Å². The summed E-state index contributed by atoms with van der Waals surface area (Å²) in [5, 5.41) is 4.65. The normalized spacial score (nSPS) is 11.8. The largest absolute Gasteiger partial charge is 0.416 e. The number of hydrogen-bond acceptors (Lipinski definition) is 3. The van der Waals surface area contributed by atoms with E-state index in [4.69, 9.17) is 0 Å². The maximum Gasteiger partial charge on any atom is 0.416 e. The number of benzene rings is 2. The van der Waals surface area contributed by atoms with Gasteiger partial charge in [0, 0.05) is 5.39 Å². The number of rotatable bonds is 3. The average Bonchev–Trinajstić information content (AvgIpc) is 2.61. The number of fused-ring (bicyclic) bond motifs is 1. The lowest BCUT2D eigenvalue weighted by Crippen LogP contribution is -2.18. The van der Waals surface area contributed by atoms with Crippen molar-refractivity contribution in [1.82, 2.24) is 10.4 Å². The topological polar surface area (TPSA) is 54.4 Å². The van der Waals surface area contributed by atoms with Crippen molar-refractivity contribution in [3.8, 4) is 0 Å². The summed E-state index contributed by atoms with van der Waals surface area (Å²) in [7, 11) is 0. The van der Waals surface area contributed by atoms with Crippen LogP contribution in [0.3, 0.4) is 0 Å². The van der Waals surface area contributed by atoms with E-state index in [1.54, 1.807) is 18.2 Å². The first kappa shape index (κ1) is 16.6. The van der Waals surface area contributed by atoms with Gasteiger partial charge in [0.15, 0.2) is 0 Å². The van der Waals surface area contributed by atoms with E-state index in [2.05, 4.69) is 15.5 Å². The molecule has 0 spiro atoms. The molecule has 0 fully saturated rings. The van der Waals surface area contributed by atoms with Crippen LogP contribution in [0, 0.1) is 0 Å². The molecule has 1 N–H and O–H groups in total. The maximum atomic E-state index is 12.5. The predicted octanol–water partition coefficient (Wildman–Crippen LogP) is 4.02. The van der Waals surface area contributed by atoms with Gasteiger partial charge in [-0.25, -0.2) is 10.4 Å². The second-order valence-electron chi connectivity index (χ2n) is 5.21. The Labute approximate surface area is 141 Å². The van der Waals surface area contributed by atoms with Crippen LogP contribution in [-0.4, -0.2) is 17.1 Å². The Balaban J connectivity index is 1.67. The highest BCUT2D eigenvalue weighted by Gasteiger charge is 2.29. The van der Waals surface area contributed by atoms with Crippen molar-refractivity contribution in [3.05, 3.63) is 77.5 Å². The molecule has 1 aromatic heterocycles. The third kappa shape index (κ3) is 4.00. The molecule has 2 aromatic carbocycles. The fourth-order valence-electron chi connectivity index (χ4n) is 2.17. The standard InChI is InChI=1S/C18H12F3N3O/c19-18(20,21)14-8-5-12(6-9-14)11-22-24-17(25)16-10-7-13-3-1-2-4-15(13)23-16/h1-11H,(H,24,25)/b22-11+. The van der Waals surface area contributed by atoms with Gasteiger partial charge in [-0.05, 0) is 29.8 Å². The van der Waals surface area contributed by atoms with Gasteiger partial charge in [-0.3, -0.25) is 4.79 Å². The molecular weight excluding hydrogens is 331 g/mol. The SMILES string of the molecule is O=C(N/N=C/c1ccc(C(F)(F)F)cc1)c1ccc2ccccc2n1. The van der Waals surface area contributed by atoms with Crippen molar-refractivity contribution in [2.45, 2.75) is 6.18 Å². The Bertz CT molecular complexity index is 934. The zero-order valence-electron chi connectivity index (χ0n) is 12.8. The van der Waals surface area contributed by atoms with Crippen LogP contribution in [0.4, 0.5) is 13.2 Å². The van der Waals surface area contributed by atoms with Crippen molar-refractivity contribution >= 4 is 23.0 Å². The van der Waals surface area contributed by atoms with Crippen LogP contribution < -0.4 is 5.43 Å². The Kier molecular flexibility index (Phi) is 4.47. The number of alkyl halides is 3. The van der Waals surface area contributed by atoms with Crippen LogP contribution in [0.1, 0.15) is 21.6 Å². The number of amides is 1. The first-order chi connectivity index (χ1) is 11.9. The van der Waals surface area contributed by atoms with Crippen LogP contribution in [0.15, 0.2) is 65.8 Å². The molecule has 0 atom stereocenters. The molecule has 0 bridgehead atoms. The highest BCUT2D eigenvalue weighted by molar-refractivity contribution is 5.95. The van der Waals surface area contributed by atoms with Gasteiger partial charge in [0.25, 0.3) is 5.91 Å². The monoisotopic (exact) mass is 343 g/mol. The summed E-state index contributed by atoms with van der Waals surface area (Å²) in [6.45, 7) is 0. The summed E-state index contributed by atoms with van der Waals surface area (Å²) in [4.78, 5) is 16.3. The number of hydrogen-bond donors (Lipinski definition) is 1. The van der Waals surface area contributed by atoms with Crippen LogP contribution in [0.2, 0.25) is 0 Å². The third-order valence-electron chi connectivity index (χ3n) is 3.45. The molecule has 0 saturated heterocycles. The summed E-state index contributed by atoms with van der Waals surface area (Å²) in [6, 6.07) is 15.2.